The summed E-state index contributed by atoms with van der Waals surface area (Å²) in [5.41, 5.74) is 4.04. The molecule has 2 aromatic rings. The number of hydrogen-bond acceptors (Lipinski definition) is 3. The molecular formula is C20H24F3N3O. The first kappa shape index (κ1) is 19.5. The summed E-state index contributed by atoms with van der Waals surface area (Å²) < 4.78 is 37.2. The minimum Gasteiger partial charge on any atom is -0.370 e. The van der Waals surface area contributed by atoms with E-state index in [2.05, 4.69) is 16.8 Å². The Balaban J connectivity index is 1.89. The fraction of sp³-hybridized carbons (Fsp3) is 0.500. The van der Waals surface area contributed by atoms with Gasteiger partial charge in [0.05, 0.1) is 17.1 Å². The van der Waals surface area contributed by atoms with Crippen molar-refractivity contribution in [2.45, 2.75) is 39.3 Å². The highest BCUT2D eigenvalue weighted by atomic mass is 19.4. The van der Waals surface area contributed by atoms with Crippen LogP contribution in [0, 0.1) is 12.8 Å². The minimum absolute atomic E-state index is 0.421. The monoisotopic (exact) mass is 379 g/mol. The number of nitrogens with zero attached hydrogens (tertiary/aromatic N) is 2. The number of amides is 1. The molecule has 1 aliphatic rings. The summed E-state index contributed by atoms with van der Waals surface area (Å²) in [6.45, 7) is 3.97. The van der Waals surface area contributed by atoms with E-state index in [9.17, 15) is 18.0 Å². The third-order valence-electron chi connectivity index (χ3n) is 5.09. The van der Waals surface area contributed by atoms with E-state index in [1.165, 1.54) is 0 Å². The first-order chi connectivity index (χ1) is 12.8. The summed E-state index contributed by atoms with van der Waals surface area (Å²) in [5.74, 6) is -0.969. The molecule has 1 atom stereocenters. The van der Waals surface area contributed by atoms with Crippen LogP contribution in [0.3, 0.4) is 0 Å². The predicted octanol–water partition coefficient (Wildman–Crippen LogP) is 4.00. The van der Waals surface area contributed by atoms with Crippen LogP contribution in [0.5, 0.6) is 0 Å². The van der Waals surface area contributed by atoms with Crippen LogP contribution < -0.4 is 10.2 Å². The molecule has 7 heteroatoms. The number of aromatic nitrogens is 1. The highest BCUT2D eigenvalue weighted by Crippen LogP contribution is 2.35. The molecule has 1 amide bonds. The van der Waals surface area contributed by atoms with Crippen molar-refractivity contribution in [3.05, 3.63) is 35.5 Å². The van der Waals surface area contributed by atoms with Crippen molar-refractivity contribution in [2.75, 3.05) is 24.5 Å². The van der Waals surface area contributed by atoms with Gasteiger partial charge in [-0.05, 0) is 37.8 Å². The number of hydrogen-bond donors (Lipinski definition) is 1. The van der Waals surface area contributed by atoms with Crippen LogP contribution in [0.1, 0.15) is 31.0 Å². The number of benzene rings is 1. The summed E-state index contributed by atoms with van der Waals surface area (Å²) in [6, 6.07) is 7.87. The first-order valence-corrected chi connectivity index (χ1v) is 9.27. The Labute approximate surface area is 156 Å². The van der Waals surface area contributed by atoms with Gasteiger partial charge < -0.3 is 10.2 Å². The molecule has 1 aromatic carbocycles. The molecule has 1 aliphatic heterocycles. The fourth-order valence-electron chi connectivity index (χ4n) is 3.86. The summed E-state index contributed by atoms with van der Waals surface area (Å²) in [7, 11) is 0. The Morgan fingerprint density at radius 1 is 1.33 bits per heavy atom. The van der Waals surface area contributed by atoms with Crippen LogP contribution in [-0.4, -0.2) is 36.7 Å². The molecule has 27 heavy (non-hydrogen) atoms. The molecule has 0 aliphatic carbocycles. The predicted molar refractivity (Wildman–Crippen MR) is 99.9 cm³/mol. The molecule has 0 spiro atoms. The van der Waals surface area contributed by atoms with Gasteiger partial charge in [-0.3, -0.25) is 9.78 Å². The summed E-state index contributed by atoms with van der Waals surface area (Å²) in [4.78, 5) is 19.1. The van der Waals surface area contributed by atoms with E-state index < -0.39 is 24.5 Å². The zero-order valence-electron chi connectivity index (χ0n) is 15.6. The highest BCUT2D eigenvalue weighted by molar-refractivity contribution is 5.94. The van der Waals surface area contributed by atoms with Gasteiger partial charge in [-0.1, -0.05) is 25.1 Å². The number of nitrogens with one attached hydrogen (secondary N) is 1. The highest BCUT2D eigenvalue weighted by Gasteiger charge is 2.32. The number of fused-ring (bicyclic) bond motifs is 1. The van der Waals surface area contributed by atoms with Crippen molar-refractivity contribution < 1.29 is 18.0 Å². The van der Waals surface area contributed by atoms with Gasteiger partial charge in [-0.25, -0.2) is 0 Å². The normalized spacial score (nSPS) is 18.0. The number of anilines is 1. The third kappa shape index (κ3) is 4.34. The van der Waals surface area contributed by atoms with E-state index >= 15 is 0 Å². The Morgan fingerprint density at radius 3 is 2.78 bits per heavy atom. The van der Waals surface area contributed by atoms with Gasteiger partial charge in [0, 0.05) is 24.2 Å². The zero-order chi connectivity index (χ0) is 19.6. The first-order valence-electron chi connectivity index (χ1n) is 9.27. The van der Waals surface area contributed by atoms with Crippen LogP contribution in [0.15, 0.2) is 24.3 Å². The summed E-state index contributed by atoms with van der Waals surface area (Å²) >= 11 is 0. The third-order valence-corrected chi connectivity index (χ3v) is 5.09. The van der Waals surface area contributed by atoms with E-state index in [1.54, 1.807) is 0 Å². The van der Waals surface area contributed by atoms with Crippen LogP contribution in [0.25, 0.3) is 10.9 Å². The number of alkyl halides is 3. The lowest BCUT2D eigenvalue weighted by Crippen LogP contribution is -2.45. The molecule has 1 unspecified atom stereocenters. The van der Waals surface area contributed by atoms with Gasteiger partial charge in [-0.2, -0.15) is 13.2 Å². The van der Waals surface area contributed by atoms with E-state index in [1.807, 2.05) is 36.5 Å². The van der Waals surface area contributed by atoms with Crippen molar-refractivity contribution in [1.29, 1.82) is 0 Å². The van der Waals surface area contributed by atoms with Crippen molar-refractivity contribution >= 4 is 22.5 Å². The largest absolute Gasteiger partial charge is 0.405 e. The van der Waals surface area contributed by atoms with E-state index in [-0.39, 0.29) is 0 Å². The Bertz CT molecular complexity index is 835. The number of piperidine rings is 1. The average Bonchev–Trinajstić information content (AvgIpc) is 2.64. The van der Waals surface area contributed by atoms with Gasteiger partial charge in [0.1, 0.15) is 6.54 Å². The topological polar surface area (TPSA) is 45.2 Å². The zero-order valence-corrected chi connectivity index (χ0v) is 15.6. The number of para-hydroxylation sites is 1. The standard InChI is InChI=1S/C20H24F3N3O/c1-3-15-13(2)25-17-9-5-4-8-16(17)18(15)26-10-6-7-14(11-26)19(27)24-12-20(21,22)23/h4-5,8-9,14H,3,6-7,10-12H2,1-2H3,(H,24,27). The number of pyridine rings is 1. The van der Waals surface area contributed by atoms with Crippen LogP contribution in [-0.2, 0) is 11.2 Å². The van der Waals surface area contributed by atoms with Gasteiger partial charge in [-0.15, -0.1) is 0 Å². The van der Waals surface area contributed by atoms with Crippen LogP contribution in [0.2, 0.25) is 0 Å². The molecule has 0 radical (unpaired) electrons. The van der Waals surface area contributed by atoms with Crippen molar-refractivity contribution in [1.82, 2.24) is 10.3 Å². The summed E-state index contributed by atoms with van der Waals surface area (Å²) in [6.07, 6.45) is -2.22. The van der Waals surface area contributed by atoms with Crippen molar-refractivity contribution in [3.63, 3.8) is 0 Å². The molecule has 1 fully saturated rings. The fourth-order valence-corrected chi connectivity index (χ4v) is 3.86. The van der Waals surface area contributed by atoms with Crippen LogP contribution >= 0.6 is 0 Å². The van der Waals surface area contributed by atoms with Crippen molar-refractivity contribution in [3.8, 4) is 0 Å². The number of aryl methyl sites for hydroxylation is 1. The second-order valence-electron chi connectivity index (χ2n) is 7.01. The van der Waals surface area contributed by atoms with Crippen molar-refractivity contribution in [2.24, 2.45) is 5.92 Å². The second-order valence-corrected chi connectivity index (χ2v) is 7.01. The lowest BCUT2D eigenvalue weighted by molar-refractivity contribution is -0.140. The number of carbonyl (C=O) groups excluding carboxylic acids is 1. The second kappa shape index (κ2) is 7.74. The van der Waals surface area contributed by atoms with Gasteiger partial charge >= 0.3 is 6.18 Å². The lowest BCUT2D eigenvalue weighted by Gasteiger charge is -2.36. The van der Waals surface area contributed by atoms with Gasteiger partial charge in [0.15, 0.2) is 0 Å². The quantitative estimate of drug-likeness (QED) is 0.873. The Hall–Kier alpha value is -2.31. The Morgan fingerprint density at radius 2 is 2.07 bits per heavy atom. The lowest BCUT2D eigenvalue weighted by atomic mass is 9.94. The SMILES string of the molecule is CCc1c(C)nc2ccccc2c1N1CCCC(C(=O)NCC(F)(F)F)C1. The molecule has 1 N–H and O–H groups in total. The molecule has 1 aromatic heterocycles. The molecule has 4 nitrogen and oxygen atoms in total. The van der Waals surface area contributed by atoms with E-state index in [0.717, 1.165) is 47.2 Å². The molecule has 0 bridgehead atoms. The minimum atomic E-state index is -4.39. The maximum Gasteiger partial charge on any atom is 0.405 e. The number of halogens is 3. The van der Waals surface area contributed by atoms with Crippen LogP contribution in [0.4, 0.5) is 18.9 Å². The van der Waals surface area contributed by atoms with E-state index in [4.69, 9.17) is 0 Å². The molecular weight excluding hydrogens is 355 g/mol. The Kier molecular flexibility index (Phi) is 5.58. The van der Waals surface area contributed by atoms with Gasteiger partial charge in [0.25, 0.3) is 0 Å². The molecule has 2 heterocycles. The molecule has 146 valence electrons. The molecule has 0 saturated carbocycles. The smallest absolute Gasteiger partial charge is 0.370 e. The maximum absolute atomic E-state index is 12.4. The van der Waals surface area contributed by atoms with E-state index in [0.29, 0.717) is 13.0 Å². The molecule has 1 saturated heterocycles. The summed E-state index contributed by atoms with van der Waals surface area (Å²) in [5, 5.41) is 3.06. The number of carbonyl (C=O) groups is 1. The number of rotatable bonds is 4. The molecule has 3 rings (SSSR count). The average molecular weight is 379 g/mol. The van der Waals surface area contributed by atoms with Gasteiger partial charge in [0.2, 0.25) is 5.91 Å². The maximum atomic E-state index is 12.4.